The lowest BCUT2D eigenvalue weighted by Crippen LogP contribution is -2.51. The number of carbonyl (C=O) groups excluding carboxylic acids is 1. The Morgan fingerprint density at radius 3 is 2.67 bits per heavy atom. The van der Waals surface area contributed by atoms with Gasteiger partial charge in [-0.2, -0.15) is 0 Å². The van der Waals surface area contributed by atoms with Gasteiger partial charge in [0, 0.05) is 63.5 Å². The highest BCUT2D eigenvalue weighted by Gasteiger charge is 2.30. The quantitative estimate of drug-likeness (QED) is 0.343. The third-order valence-corrected chi connectivity index (χ3v) is 5.25. The van der Waals surface area contributed by atoms with Gasteiger partial charge < -0.3 is 16.0 Å². The van der Waals surface area contributed by atoms with Gasteiger partial charge in [0.2, 0.25) is 5.91 Å². The molecule has 1 aliphatic carbocycles. The summed E-state index contributed by atoms with van der Waals surface area (Å²) in [4.78, 5) is 25.3. The molecule has 2 aliphatic rings. The lowest BCUT2D eigenvalue weighted by atomic mass is 9.84. The molecule has 1 aliphatic heterocycles. The summed E-state index contributed by atoms with van der Waals surface area (Å²) in [6.07, 6.45) is 6.01. The van der Waals surface area contributed by atoms with Crippen LogP contribution in [0.5, 0.6) is 0 Å². The number of nitrogens with one attached hydrogen (secondary N) is 1. The number of hydrogen-bond acceptors (Lipinski definition) is 4. The molecule has 0 atom stereocenters. The summed E-state index contributed by atoms with van der Waals surface area (Å²) in [5, 5.41) is 3.13. The van der Waals surface area contributed by atoms with Crippen molar-refractivity contribution >= 4 is 35.8 Å². The highest BCUT2D eigenvalue weighted by Crippen LogP contribution is 2.28. The van der Waals surface area contributed by atoms with Crippen molar-refractivity contribution in [1.29, 1.82) is 0 Å². The van der Waals surface area contributed by atoms with Crippen LogP contribution in [0.15, 0.2) is 29.4 Å². The predicted molar refractivity (Wildman–Crippen MR) is 118 cm³/mol. The van der Waals surface area contributed by atoms with E-state index in [1.165, 1.54) is 6.42 Å². The maximum absolute atomic E-state index is 12.2. The van der Waals surface area contributed by atoms with E-state index in [9.17, 15) is 4.79 Å². The molecule has 2 fully saturated rings. The summed E-state index contributed by atoms with van der Waals surface area (Å²) in [5.41, 5.74) is 6.96. The maximum atomic E-state index is 12.2. The predicted octanol–water partition coefficient (Wildman–Crippen LogP) is 1.09. The highest BCUT2D eigenvalue weighted by molar-refractivity contribution is 14.0. The summed E-state index contributed by atoms with van der Waals surface area (Å²) in [7, 11) is 0. The lowest BCUT2D eigenvalue weighted by molar-refractivity contribution is -0.139. The lowest BCUT2D eigenvalue weighted by Gasteiger charge is -2.38. The van der Waals surface area contributed by atoms with Gasteiger partial charge in [0.15, 0.2) is 5.96 Å². The number of guanidine groups is 1. The Morgan fingerprint density at radius 2 is 2.04 bits per heavy atom. The molecule has 3 rings (SSSR count). The van der Waals surface area contributed by atoms with E-state index in [1.54, 1.807) is 6.20 Å². The molecule has 27 heavy (non-hydrogen) atoms. The second kappa shape index (κ2) is 11.4. The second-order valence-electron chi connectivity index (χ2n) is 7.06. The molecule has 1 aromatic rings. The second-order valence-corrected chi connectivity index (χ2v) is 7.06. The fourth-order valence-electron chi connectivity index (χ4n) is 3.34. The van der Waals surface area contributed by atoms with Gasteiger partial charge in [-0.15, -0.1) is 24.0 Å². The Labute approximate surface area is 178 Å². The van der Waals surface area contributed by atoms with E-state index in [2.05, 4.69) is 20.2 Å². The molecule has 1 saturated carbocycles. The van der Waals surface area contributed by atoms with Crippen molar-refractivity contribution < 1.29 is 4.79 Å². The van der Waals surface area contributed by atoms with Crippen LogP contribution in [0, 0.1) is 5.92 Å². The van der Waals surface area contributed by atoms with E-state index < -0.39 is 0 Å². The van der Waals surface area contributed by atoms with E-state index in [1.807, 2.05) is 23.1 Å². The van der Waals surface area contributed by atoms with Crippen molar-refractivity contribution in [2.24, 2.45) is 16.6 Å². The van der Waals surface area contributed by atoms with E-state index in [0.717, 1.165) is 64.2 Å². The van der Waals surface area contributed by atoms with Gasteiger partial charge in [-0.05, 0) is 25.0 Å². The summed E-state index contributed by atoms with van der Waals surface area (Å²) < 4.78 is 0. The van der Waals surface area contributed by atoms with Gasteiger partial charge in [-0.3, -0.25) is 19.7 Å². The number of pyridine rings is 1. The summed E-state index contributed by atoms with van der Waals surface area (Å²) in [6.45, 7) is 5.84. The molecule has 3 N–H and O–H groups in total. The third-order valence-electron chi connectivity index (χ3n) is 5.25. The van der Waals surface area contributed by atoms with Gasteiger partial charge in [-0.25, -0.2) is 0 Å². The zero-order valence-corrected chi connectivity index (χ0v) is 18.2. The van der Waals surface area contributed by atoms with Crippen LogP contribution in [0.4, 0.5) is 0 Å². The third kappa shape index (κ3) is 6.91. The number of piperazine rings is 1. The fraction of sp³-hybridized carbons (Fsp3) is 0.632. The minimum Gasteiger partial charge on any atom is -0.370 e. The molecule has 0 spiro atoms. The number of carbonyl (C=O) groups is 1. The van der Waals surface area contributed by atoms with E-state index in [-0.39, 0.29) is 24.0 Å². The van der Waals surface area contributed by atoms with Crippen molar-refractivity contribution in [2.75, 3.05) is 45.8 Å². The number of nitrogens with zero attached hydrogens (tertiary/aromatic N) is 4. The van der Waals surface area contributed by atoms with Crippen LogP contribution in [-0.2, 0) is 11.2 Å². The molecule has 2 heterocycles. The zero-order chi connectivity index (χ0) is 18.2. The molecule has 7 nitrogen and oxygen atoms in total. The monoisotopic (exact) mass is 486 g/mol. The number of rotatable bonds is 7. The van der Waals surface area contributed by atoms with Crippen LogP contribution in [-0.4, -0.2) is 72.5 Å². The molecule has 150 valence electrons. The smallest absolute Gasteiger partial charge is 0.225 e. The van der Waals surface area contributed by atoms with E-state index >= 15 is 0 Å². The van der Waals surface area contributed by atoms with Crippen LogP contribution >= 0.6 is 24.0 Å². The maximum Gasteiger partial charge on any atom is 0.225 e. The van der Waals surface area contributed by atoms with Crippen LogP contribution in [0.25, 0.3) is 0 Å². The number of amides is 1. The molecule has 1 saturated heterocycles. The Kier molecular flexibility index (Phi) is 9.26. The number of halogens is 1. The average Bonchev–Trinajstić information content (AvgIpc) is 2.62. The molecule has 1 amide bonds. The highest BCUT2D eigenvalue weighted by atomic mass is 127. The first-order valence-corrected chi connectivity index (χ1v) is 9.67. The van der Waals surface area contributed by atoms with E-state index in [0.29, 0.717) is 24.3 Å². The first kappa shape index (κ1) is 21.9. The first-order valence-electron chi connectivity index (χ1n) is 9.67. The van der Waals surface area contributed by atoms with Gasteiger partial charge in [-0.1, -0.05) is 12.5 Å². The molecule has 1 aromatic heterocycles. The molecule has 0 unspecified atom stereocenters. The van der Waals surface area contributed by atoms with Gasteiger partial charge in [0.25, 0.3) is 0 Å². The Balaban J connectivity index is 0.00000261. The fourth-order valence-corrected chi connectivity index (χ4v) is 3.34. The zero-order valence-electron chi connectivity index (χ0n) is 15.8. The molecule has 0 aromatic carbocycles. The Morgan fingerprint density at radius 1 is 1.26 bits per heavy atom. The Hall–Kier alpha value is -1.42. The van der Waals surface area contributed by atoms with Crippen molar-refractivity contribution in [3.63, 3.8) is 0 Å². The largest absolute Gasteiger partial charge is 0.370 e. The van der Waals surface area contributed by atoms with Crippen LogP contribution in [0.2, 0.25) is 0 Å². The SMILES string of the molecule is I.NC(=NCCN1CCN(C(=O)C2CCC2)CC1)NCCc1ccccn1. The van der Waals surface area contributed by atoms with Crippen molar-refractivity contribution in [1.82, 2.24) is 20.1 Å². The minimum absolute atomic E-state index is 0. The molecule has 0 radical (unpaired) electrons. The molecule has 8 heteroatoms. The van der Waals surface area contributed by atoms with Gasteiger partial charge >= 0.3 is 0 Å². The Bertz CT molecular complexity index is 599. The van der Waals surface area contributed by atoms with Crippen molar-refractivity contribution in [2.45, 2.75) is 25.7 Å². The van der Waals surface area contributed by atoms with Gasteiger partial charge in [0.05, 0.1) is 6.54 Å². The minimum atomic E-state index is 0. The number of hydrogen-bond donors (Lipinski definition) is 2. The van der Waals surface area contributed by atoms with Crippen LogP contribution in [0.1, 0.15) is 25.0 Å². The van der Waals surface area contributed by atoms with Crippen LogP contribution < -0.4 is 11.1 Å². The summed E-state index contributed by atoms with van der Waals surface area (Å²) in [6, 6.07) is 5.90. The standard InChI is InChI=1S/C19H30N6O.HI/c20-19(22-9-7-17-6-1-2-8-21-17)23-10-11-24-12-14-25(15-13-24)18(26)16-4-3-5-16;/h1-2,6,8,16H,3-5,7,9-15H2,(H3,20,22,23);1H. The molecular weight excluding hydrogens is 455 g/mol. The molecule has 0 bridgehead atoms. The number of aromatic nitrogens is 1. The molecular formula is C19H31IN6O. The first-order chi connectivity index (χ1) is 12.7. The van der Waals surface area contributed by atoms with Crippen molar-refractivity contribution in [3.8, 4) is 0 Å². The number of nitrogens with two attached hydrogens (primary N) is 1. The normalized spacial score (nSPS) is 18.5. The number of aliphatic imine (C=N–C) groups is 1. The average molecular weight is 486 g/mol. The van der Waals surface area contributed by atoms with Crippen molar-refractivity contribution in [3.05, 3.63) is 30.1 Å². The van der Waals surface area contributed by atoms with Gasteiger partial charge in [0.1, 0.15) is 0 Å². The topological polar surface area (TPSA) is 86.8 Å². The van der Waals surface area contributed by atoms with E-state index in [4.69, 9.17) is 5.73 Å². The summed E-state index contributed by atoms with van der Waals surface area (Å²) >= 11 is 0. The summed E-state index contributed by atoms with van der Waals surface area (Å²) in [5.74, 6) is 1.16. The van der Waals surface area contributed by atoms with Crippen LogP contribution in [0.3, 0.4) is 0 Å².